The van der Waals surface area contributed by atoms with Crippen molar-refractivity contribution in [2.75, 3.05) is 12.8 Å². The van der Waals surface area contributed by atoms with Gasteiger partial charge >= 0.3 is 13.1 Å². The highest BCUT2D eigenvalue weighted by Crippen LogP contribution is 2.55. The van der Waals surface area contributed by atoms with E-state index in [4.69, 9.17) is 14.4 Å². The molecule has 1 aliphatic heterocycles. The van der Waals surface area contributed by atoms with Crippen molar-refractivity contribution in [3.63, 3.8) is 0 Å². The van der Waals surface area contributed by atoms with Gasteiger partial charge in [0.1, 0.15) is 23.9 Å². The van der Waals surface area contributed by atoms with Crippen LogP contribution in [0.4, 0.5) is 4.79 Å². The van der Waals surface area contributed by atoms with Gasteiger partial charge in [0.15, 0.2) is 0 Å². The number of hydrogen-bond donors (Lipinski definition) is 4. The number of hydrogen-bond acceptors (Lipinski definition) is 8. The predicted molar refractivity (Wildman–Crippen MR) is 68.7 cm³/mol. The van der Waals surface area contributed by atoms with Crippen LogP contribution in [0, 0.1) is 0 Å². The molecule has 1 rings (SSSR count). The number of aliphatic hydroxyl groups is 4. The Bertz CT molecular complexity index is 404. The summed E-state index contributed by atoms with van der Waals surface area (Å²) in [5, 5.41) is 37.7. The van der Waals surface area contributed by atoms with Crippen molar-refractivity contribution in [3.8, 4) is 0 Å². The Hall–Kier alpha value is -0.500. The molecule has 0 aromatic carbocycles. The van der Waals surface area contributed by atoms with E-state index < -0.39 is 55.9 Å². The minimum Gasteiger partial charge on any atom is -0.453 e. The molecule has 118 valence electrons. The summed E-state index contributed by atoms with van der Waals surface area (Å²) < 4.78 is 22.4. The molecule has 1 saturated heterocycles. The van der Waals surface area contributed by atoms with Gasteiger partial charge in [-0.05, 0) is 20.8 Å². The zero-order valence-corrected chi connectivity index (χ0v) is 12.5. The lowest BCUT2D eigenvalue weighted by Gasteiger charge is -2.38. The Labute approximate surface area is 116 Å². The second-order valence-corrected chi connectivity index (χ2v) is 8.00. The smallest absolute Gasteiger partial charge is 0.392 e. The van der Waals surface area contributed by atoms with Crippen LogP contribution in [0.2, 0.25) is 0 Å². The maximum atomic E-state index is 12.4. The highest BCUT2D eigenvalue weighted by molar-refractivity contribution is 7.75. The van der Waals surface area contributed by atoms with Crippen molar-refractivity contribution < 1.29 is 39.0 Å². The zero-order valence-electron chi connectivity index (χ0n) is 11.6. The summed E-state index contributed by atoms with van der Waals surface area (Å²) in [6.45, 7) is 3.95. The lowest BCUT2D eigenvalue weighted by Crippen LogP contribution is -2.52. The van der Waals surface area contributed by atoms with E-state index in [2.05, 4.69) is 0 Å². The molecule has 20 heavy (non-hydrogen) atoms. The molecule has 0 bridgehead atoms. The van der Waals surface area contributed by atoms with Crippen LogP contribution >= 0.6 is 7.37 Å². The SMILES string of the molecule is CC(C)(C)OC(=O)P1(=O)C[C@@H](O)[C@@H](O)[C@@H]([C@@H](O)CO)O1. The third-order valence-electron chi connectivity index (χ3n) is 2.69. The van der Waals surface area contributed by atoms with Crippen molar-refractivity contribution >= 4 is 13.1 Å². The van der Waals surface area contributed by atoms with Crippen LogP contribution in [-0.2, 0) is 13.8 Å². The van der Waals surface area contributed by atoms with Gasteiger partial charge in [0, 0.05) is 0 Å². The second kappa shape index (κ2) is 6.09. The lowest BCUT2D eigenvalue weighted by molar-refractivity contribution is -0.109. The number of carbonyl (C=O) groups excluding carboxylic acids is 1. The summed E-state index contributed by atoms with van der Waals surface area (Å²) in [4.78, 5) is 11.9. The van der Waals surface area contributed by atoms with Gasteiger partial charge < -0.3 is 29.7 Å². The minimum absolute atomic E-state index is 0.599. The molecule has 1 aliphatic rings. The minimum atomic E-state index is -4.06. The predicted octanol–water partition coefficient (Wildman–Crippen LogP) is -0.327. The van der Waals surface area contributed by atoms with Crippen molar-refractivity contribution in [2.24, 2.45) is 0 Å². The molecule has 0 aromatic heterocycles. The largest absolute Gasteiger partial charge is 0.453 e. The van der Waals surface area contributed by atoms with Gasteiger partial charge in [0.2, 0.25) is 0 Å². The third-order valence-corrected chi connectivity index (χ3v) is 4.77. The average molecular weight is 312 g/mol. The molecule has 4 N–H and O–H groups in total. The van der Waals surface area contributed by atoms with Crippen LogP contribution < -0.4 is 0 Å². The fourth-order valence-corrected chi connectivity index (χ4v) is 3.83. The average Bonchev–Trinajstić information content (AvgIpc) is 2.30. The summed E-state index contributed by atoms with van der Waals surface area (Å²) in [6.07, 6.45) is -6.77. The molecule has 0 aromatic rings. The summed E-state index contributed by atoms with van der Waals surface area (Å²) in [7, 11) is -4.06. The maximum Gasteiger partial charge on any atom is 0.392 e. The molecule has 0 aliphatic carbocycles. The molecule has 0 spiro atoms. The van der Waals surface area contributed by atoms with E-state index in [0.717, 1.165) is 0 Å². The van der Waals surface area contributed by atoms with Crippen LogP contribution in [0.1, 0.15) is 20.8 Å². The molecule has 0 amide bonds. The van der Waals surface area contributed by atoms with Crippen molar-refractivity contribution in [3.05, 3.63) is 0 Å². The van der Waals surface area contributed by atoms with Gasteiger partial charge in [-0.15, -0.1) is 0 Å². The molecule has 0 saturated carbocycles. The normalized spacial score (nSPS) is 36.5. The van der Waals surface area contributed by atoms with Crippen LogP contribution in [0.5, 0.6) is 0 Å². The van der Waals surface area contributed by atoms with Crippen LogP contribution in [-0.4, -0.2) is 68.9 Å². The molecular formula is C11H21O8P. The van der Waals surface area contributed by atoms with Gasteiger partial charge in [-0.3, -0.25) is 4.57 Å². The van der Waals surface area contributed by atoms with Crippen molar-refractivity contribution in [1.82, 2.24) is 0 Å². The summed E-state index contributed by atoms with van der Waals surface area (Å²) >= 11 is 0. The fraction of sp³-hybridized carbons (Fsp3) is 0.909. The first-order valence-electron chi connectivity index (χ1n) is 6.16. The fourth-order valence-electron chi connectivity index (χ4n) is 1.73. The quantitative estimate of drug-likeness (QED) is 0.521. The molecule has 0 radical (unpaired) electrons. The Morgan fingerprint density at radius 1 is 1.45 bits per heavy atom. The number of aliphatic hydroxyl groups excluding tert-OH is 4. The molecule has 9 heteroatoms. The van der Waals surface area contributed by atoms with Gasteiger partial charge in [-0.2, -0.15) is 0 Å². The van der Waals surface area contributed by atoms with E-state index in [-0.39, 0.29) is 0 Å². The first-order chi connectivity index (χ1) is 9.00. The topological polar surface area (TPSA) is 134 Å². The monoisotopic (exact) mass is 312 g/mol. The molecule has 1 unspecified atom stereocenters. The van der Waals surface area contributed by atoms with Crippen LogP contribution in [0.25, 0.3) is 0 Å². The van der Waals surface area contributed by atoms with E-state index in [9.17, 15) is 24.7 Å². The Kier molecular flexibility index (Phi) is 5.34. The Balaban J connectivity index is 2.95. The van der Waals surface area contributed by atoms with E-state index in [1.54, 1.807) is 20.8 Å². The number of ether oxygens (including phenoxy) is 1. The van der Waals surface area contributed by atoms with E-state index in [0.29, 0.717) is 0 Å². The molecular weight excluding hydrogens is 291 g/mol. The van der Waals surface area contributed by atoms with Gasteiger partial charge in [-0.1, -0.05) is 0 Å². The number of carbonyl (C=O) groups is 1. The molecule has 8 nitrogen and oxygen atoms in total. The summed E-state index contributed by atoms with van der Waals surface area (Å²) in [5.74, 6) is 0. The van der Waals surface area contributed by atoms with E-state index in [1.807, 2.05) is 0 Å². The first kappa shape index (κ1) is 17.6. The second-order valence-electron chi connectivity index (χ2n) is 5.71. The number of rotatable bonds is 3. The summed E-state index contributed by atoms with van der Waals surface area (Å²) in [5.41, 5.74) is -2.03. The zero-order chi connectivity index (χ0) is 15.7. The highest BCUT2D eigenvalue weighted by Gasteiger charge is 2.51. The van der Waals surface area contributed by atoms with E-state index in [1.165, 1.54) is 0 Å². The van der Waals surface area contributed by atoms with Crippen LogP contribution in [0.3, 0.4) is 0 Å². The molecule has 1 fully saturated rings. The van der Waals surface area contributed by atoms with Crippen molar-refractivity contribution in [2.45, 2.75) is 50.8 Å². The van der Waals surface area contributed by atoms with Crippen molar-refractivity contribution in [1.29, 1.82) is 0 Å². The van der Waals surface area contributed by atoms with Gasteiger partial charge in [-0.25, -0.2) is 4.79 Å². The summed E-state index contributed by atoms with van der Waals surface area (Å²) in [6, 6.07) is 0. The molecule has 1 heterocycles. The van der Waals surface area contributed by atoms with E-state index >= 15 is 0 Å². The first-order valence-corrected chi connectivity index (χ1v) is 7.97. The Morgan fingerprint density at radius 2 is 2.00 bits per heavy atom. The highest BCUT2D eigenvalue weighted by atomic mass is 31.2. The Morgan fingerprint density at radius 3 is 2.45 bits per heavy atom. The van der Waals surface area contributed by atoms with Gasteiger partial charge in [0.25, 0.3) is 0 Å². The van der Waals surface area contributed by atoms with Gasteiger partial charge in [0.05, 0.1) is 18.9 Å². The standard InChI is InChI=1S/C11H21O8P/c1-11(2,3)18-10(16)20(17)5-7(14)8(15)9(19-20)6(13)4-12/h6-9,12-15H,4-5H2,1-3H3/t6-,7+,8+,9+,20?/m0/s1. The molecule has 5 atom stereocenters. The third kappa shape index (κ3) is 4.00. The maximum absolute atomic E-state index is 12.4. The lowest BCUT2D eigenvalue weighted by atomic mass is 10.0. The van der Waals surface area contributed by atoms with Crippen LogP contribution in [0.15, 0.2) is 0 Å².